The Morgan fingerprint density at radius 2 is 1.38 bits per heavy atom. The summed E-state index contributed by atoms with van der Waals surface area (Å²) >= 11 is 5.52. The molecule has 3 rings (SSSR count). The molecular weight excluding hydrogens is 523 g/mol. The largest absolute Gasteiger partial charge is 0.417 e. The molecule has 0 bridgehead atoms. The Kier molecular flexibility index (Phi) is 6.78. The maximum atomic E-state index is 13.0. The number of nitrogens with one attached hydrogen (secondary N) is 2. The van der Waals surface area contributed by atoms with Crippen molar-refractivity contribution in [2.45, 2.75) is 16.0 Å². The van der Waals surface area contributed by atoms with E-state index in [1.54, 1.807) is 0 Å². The van der Waals surface area contributed by atoms with Crippen LogP contribution in [0.4, 0.5) is 30.2 Å². The van der Waals surface area contributed by atoms with Crippen molar-refractivity contribution in [1.29, 1.82) is 0 Å². The number of hydrogen-bond donors (Lipinski definition) is 2. The van der Waals surface area contributed by atoms with E-state index in [-0.39, 0.29) is 10.6 Å². The molecule has 0 aromatic heterocycles. The van der Waals surface area contributed by atoms with Crippen molar-refractivity contribution >= 4 is 48.7 Å². The van der Waals surface area contributed by atoms with Crippen LogP contribution in [0.2, 0.25) is 5.02 Å². The molecule has 0 unspecified atom stereocenters. The summed E-state index contributed by atoms with van der Waals surface area (Å²) in [5.74, 6) is 0. The number of benzene rings is 3. The predicted octanol–water partition coefficient (Wildman–Crippen LogP) is 4.87. The quantitative estimate of drug-likeness (QED) is 0.327. The summed E-state index contributed by atoms with van der Waals surface area (Å²) in [6.45, 7) is 0. The molecule has 0 spiro atoms. The SMILES string of the molecule is O=[N+]([O-])c1ccccc1S(=O)(=O)Nc1ccc(S(=O)(=O)Nc2ccc(Cl)c(C(F)(F)F)c2)cc1. The molecule has 0 fully saturated rings. The highest BCUT2D eigenvalue weighted by atomic mass is 35.5. The van der Waals surface area contributed by atoms with Crippen molar-refractivity contribution in [3.63, 3.8) is 0 Å². The van der Waals surface area contributed by atoms with E-state index >= 15 is 0 Å². The molecule has 0 atom stereocenters. The monoisotopic (exact) mass is 535 g/mol. The maximum absolute atomic E-state index is 13.0. The van der Waals surface area contributed by atoms with Crippen LogP contribution in [-0.2, 0) is 26.2 Å². The van der Waals surface area contributed by atoms with Crippen molar-refractivity contribution in [3.05, 3.63) is 87.4 Å². The molecule has 0 aliphatic rings. The Morgan fingerprint density at radius 1 is 0.824 bits per heavy atom. The molecule has 3 aromatic carbocycles. The highest BCUT2D eigenvalue weighted by molar-refractivity contribution is 7.93. The Morgan fingerprint density at radius 3 is 1.97 bits per heavy atom. The van der Waals surface area contributed by atoms with E-state index in [1.165, 1.54) is 12.1 Å². The average Bonchev–Trinajstić information content (AvgIpc) is 2.74. The minimum atomic E-state index is -4.80. The lowest BCUT2D eigenvalue weighted by atomic mass is 10.2. The number of alkyl halides is 3. The first-order chi connectivity index (χ1) is 15.7. The van der Waals surface area contributed by atoms with E-state index in [0.29, 0.717) is 6.07 Å². The van der Waals surface area contributed by atoms with Gasteiger partial charge in [-0.2, -0.15) is 13.2 Å². The zero-order chi connectivity index (χ0) is 25.3. The van der Waals surface area contributed by atoms with Crippen molar-refractivity contribution in [2.75, 3.05) is 9.44 Å². The van der Waals surface area contributed by atoms with Crippen molar-refractivity contribution < 1.29 is 34.9 Å². The Hall–Kier alpha value is -3.36. The molecule has 2 N–H and O–H groups in total. The standard InChI is InChI=1S/C19H13ClF3N3O6S2/c20-16-10-7-13(11-15(16)19(21,22)23)25-33(29,30)14-8-5-12(6-9-14)24-34(31,32)18-4-2-1-3-17(18)26(27)28/h1-11,24-25H. The van der Waals surface area contributed by atoms with Gasteiger partial charge in [-0.15, -0.1) is 0 Å². The van der Waals surface area contributed by atoms with Gasteiger partial charge in [0.15, 0.2) is 4.90 Å². The molecule has 0 saturated carbocycles. The topological polar surface area (TPSA) is 135 Å². The van der Waals surface area contributed by atoms with Crippen LogP contribution in [0, 0.1) is 10.1 Å². The lowest BCUT2D eigenvalue weighted by Gasteiger charge is -2.13. The van der Waals surface area contributed by atoms with E-state index < -0.39 is 58.0 Å². The van der Waals surface area contributed by atoms with Crippen molar-refractivity contribution in [1.82, 2.24) is 0 Å². The Balaban J connectivity index is 1.84. The molecule has 0 saturated heterocycles. The van der Waals surface area contributed by atoms with Crippen LogP contribution in [0.1, 0.15) is 5.56 Å². The lowest BCUT2D eigenvalue weighted by molar-refractivity contribution is -0.387. The number of para-hydroxylation sites is 1. The van der Waals surface area contributed by atoms with Gasteiger partial charge in [-0.25, -0.2) is 16.8 Å². The van der Waals surface area contributed by atoms with Crippen LogP contribution in [0.15, 0.2) is 76.5 Å². The smallest absolute Gasteiger partial charge is 0.280 e. The summed E-state index contributed by atoms with van der Waals surface area (Å²) in [4.78, 5) is 9.25. The first-order valence-corrected chi connectivity index (χ1v) is 12.3. The minimum absolute atomic E-state index is 0.108. The Labute approximate surface area is 196 Å². The van der Waals surface area contributed by atoms with E-state index in [1.807, 2.05) is 4.72 Å². The van der Waals surface area contributed by atoms with Gasteiger partial charge in [-0.1, -0.05) is 23.7 Å². The van der Waals surface area contributed by atoms with E-state index in [0.717, 1.165) is 48.5 Å². The van der Waals surface area contributed by atoms with Gasteiger partial charge >= 0.3 is 6.18 Å². The second-order valence-corrected chi connectivity index (χ2v) is 10.4. The second kappa shape index (κ2) is 9.12. The molecule has 0 heterocycles. The summed E-state index contributed by atoms with van der Waals surface area (Å²) < 4.78 is 93.3. The highest BCUT2D eigenvalue weighted by Crippen LogP contribution is 2.36. The van der Waals surface area contributed by atoms with Crippen LogP contribution in [0.5, 0.6) is 0 Å². The fourth-order valence-corrected chi connectivity index (χ4v) is 5.27. The summed E-state index contributed by atoms with van der Waals surface area (Å²) in [6.07, 6.45) is -4.80. The van der Waals surface area contributed by atoms with E-state index in [2.05, 4.69) is 4.72 Å². The normalized spacial score (nSPS) is 12.2. The lowest BCUT2D eigenvalue weighted by Crippen LogP contribution is -2.16. The zero-order valence-electron chi connectivity index (χ0n) is 16.6. The first kappa shape index (κ1) is 25.3. The summed E-state index contributed by atoms with van der Waals surface area (Å²) in [5, 5.41) is 10.5. The number of anilines is 2. The van der Waals surface area contributed by atoms with Crippen molar-refractivity contribution in [3.8, 4) is 0 Å². The third-order valence-corrected chi connectivity index (χ3v) is 7.45. The highest BCUT2D eigenvalue weighted by Gasteiger charge is 2.33. The number of nitro benzene ring substituents is 1. The Bertz CT molecular complexity index is 1460. The third kappa shape index (κ3) is 5.58. The number of sulfonamides is 2. The molecule has 34 heavy (non-hydrogen) atoms. The molecule has 0 aliphatic heterocycles. The minimum Gasteiger partial charge on any atom is -0.280 e. The summed E-state index contributed by atoms with van der Waals surface area (Å²) in [6, 6.07) is 11.3. The van der Waals surface area contributed by atoms with Crippen LogP contribution < -0.4 is 9.44 Å². The average molecular weight is 536 g/mol. The van der Waals surface area contributed by atoms with Gasteiger partial charge in [-0.3, -0.25) is 19.6 Å². The summed E-state index contributed by atoms with van der Waals surface area (Å²) in [5.41, 5.74) is -2.38. The fourth-order valence-electron chi connectivity index (χ4n) is 2.77. The van der Waals surface area contributed by atoms with Gasteiger partial charge in [0.2, 0.25) is 0 Å². The van der Waals surface area contributed by atoms with Gasteiger partial charge in [0.25, 0.3) is 25.7 Å². The van der Waals surface area contributed by atoms with Crippen LogP contribution in [0.3, 0.4) is 0 Å². The third-order valence-electron chi connectivity index (χ3n) is 4.29. The van der Waals surface area contributed by atoms with Crippen LogP contribution >= 0.6 is 11.6 Å². The molecule has 9 nitrogen and oxygen atoms in total. The maximum Gasteiger partial charge on any atom is 0.417 e. The second-order valence-electron chi connectivity index (χ2n) is 6.65. The van der Waals surface area contributed by atoms with E-state index in [9.17, 15) is 40.1 Å². The van der Waals surface area contributed by atoms with Gasteiger partial charge < -0.3 is 0 Å². The number of halogens is 4. The van der Waals surface area contributed by atoms with Gasteiger partial charge in [-0.05, 0) is 48.5 Å². The van der Waals surface area contributed by atoms with E-state index in [4.69, 9.17) is 11.6 Å². The van der Waals surface area contributed by atoms with Gasteiger partial charge in [0.1, 0.15) is 0 Å². The van der Waals surface area contributed by atoms with Crippen LogP contribution in [0.25, 0.3) is 0 Å². The number of nitrogens with zero attached hydrogens (tertiary/aromatic N) is 1. The van der Waals surface area contributed by atoms with Crippen LogP contribution in [-0.4, -0.2) is 21.8 Å². The molecule has 180 valence electrons. The van der Waals surface area contributed by atoms with Crippen molar-refractivity contribution in [2.24, 2.45) is 0 Å². The first-order valence-electron chi connectivity index (χ1n) is 8.96. The molecule has 0 amide bonds. The zero-order valence-corrected chi connectivity index (χ0v) is 19.0. The predicted molar refractivity (Wildman–Crippen MR) is 118 cm³/mol. The molecule has 0 radical (unpaired) electrons. The number of rotatable bonds is 7. The number of hydrogen-bond acceptors (Lipinski definition) is 6. The molecule has 15 heteroatoms. The molecule has 0 aliphatic carbocycles. The molecule has 3 aromatic rings. The fraction of sp³-hybridized carbons (Fsp3) is 0.0526. The summed E-state index contributed by atoms with van der Waals surface area (Å²) in [7, 11) is -8.73. The van der Waals surface area contributed by atoms with Gasteiger partial charge in [0, 0.05) is 17.4 Å². The van der Waals surface area contributed by atoms with Gasteiger partial charge in [0.05, 0.1) is 20.4 Å². The molecular formula is C19H13ClF3N3O6S2. The number of nitro groups is 1.